The molecule has 1 N–H and O–H groups in total. The van der Waals surface area contributed by atoms with Crippen LogP contribution in [0, 0.1) is 5.92 Å². The monoisotopic (exact) mass is 237 g/mol. The van der Waals surface area contributed by atoms with Crippen molar-refractivity contribution >= 4 is 17.3 Å². The van der Waals surface area contributed by atoms with Crippen LogP contribution in [0.15, 0.2) is 18.2 Å². The van der Waals surface area contributed by atoms with E-state index in [-0.39, 0.29) is 0 Å². The van der Waals surface area contributed by atoms with Crippen LogP contribution in [-0.2, 0) is 0 Å². The van der Waals surface area contributed by atoms with Gasteiger partial charge in [-0.2, -0.15) is 0 Å². The van der Waals surface area contributed by atoms with E-state index in [0.717, 1.165) is 28.8 Å². The maximum Gasteiger partial charge on any atom is 0.143 e. The first-order valence-electron chi connectivity index (χ1n) is 5.95. The van der Waals surface area contributed by atoms with E-state index in [1.807, 2.05) is 18.2 Å². The highest BCUT2D eigenvalue weighted by atomic mass is 35.5. The highest BCUT2D eigenvalue weighted by Gasteiger charge is 2.34. The van der Waals surface area contributed by atoms with Gasteiger partial charge in [-0.3, -0.25) is 0 Å². The van der Waals surface area contributed by atoms with Crippen molar-refractivity contribution in [2.24, 2.45) is 5.92 Å². The number of hydrogen-bond acceptors (Lipinski definition) is 2. The summed E-state index contributed by atoms with van der Waals surface area (Å²) in [4.78, 5) is 0. The Hall–Kier alpha value is -0.890. The lowest BCUT2D eigenvalue weighted by Gasteiger charge is -2.40. The van der Waals surface area contributed by atoms with Gasteiger partial charge in [-0.15, -0.1) is 0 Å². The SMILES string of the molecule is CC1CCC2Oc3ccc(Cl)cc3NC2C1. The number of nitrogens with one attached hydrogen (secondary N) is 1. The second kappa shape index (κ2) is 3.85. The molecule has 16 heavy (non-hydrogen) atoms. The van der Waals surface area contributed by atoms with Crippen molar-refractivity contribution in [1.82, 2.24) is 0 Å². The lowest BCUT2D eigenvalue weighted by atomic mass is 9.84. The topological polar surface area (TPSA) is 21.3 Å². The van der Waals surface area contributed by atoms with Crippen LogP contribution in [0.1, 0.15) is 26.2 Å². The second-order valence-corrected chi connectivity index (χ2v) is 5.40. The number of rotatable bonds is 0. The predicted octanol–water partition coefficient (Wildman–Crippen LogP) is 3.70. The Kier molecular flexibility index (Phi) is 2.47. The molecule has 1 fully saturated rings. The highest BCUT2D eigenvalue weighted by molar-refractivity contribution is 6.30. The van der Waals surface area contributed by atoms with Crippen LogP contribution in [0.3, 0.4) is 0 Å². The maximum atomic E-state index is 6.02. The first kappa shape index (κ1) is 10.3. The molecule has 86 valence electrons. The van der Waals surface area contributed by atoms with Gasteiger partial charge in [-0.25, -0.2) is 0 Å². The largest absolute Gasteiger partial charge is 0.486 e. The molecule has 1 heterocycles. The fraction of sp³-hybridized carbons (Fsp3) is 0.538. The van der Waals surface area contributed by atoms with Crippen LogP contribution < -0.4 is 10.1 Å². The standard InChI is InChI=1S/C13H16ClNO/c1-8-2-4-12-10(6-8)15-11-7-9(14)3-5-13(11)16-12/h3,5,7-8,10,12,15H,2,4,6H2,1H3. The molecule has 1 aliphatic carbocycles. The molecule has 3 heteroatoms. The number of halogens is 1. The molecule has 2 aliphatic rings. The summed E-state index contributed by atoms with van der Waals surface area (Å²) in [7, 11) is 0. The molecule has 0 saturated heterocycles. The summed E-state index contributed by atoms with van der Waals surface area (Å²) in [5, 5.41) is 4.32. The number of fused-ring (bicyclic) bond motifs is 2. The van der Waals surface area contributed by atoms with Crippen molar-refractivity contribution in [2.75, 3.05) is 5.32 Å². The minimum Gasteiger partial charge on any atom is -0.486 e. The van der Waals surface area contributed by atoms with E-state index in [2.05, 4.69) is 12.2 Å². The summed E-state index contributed by atoms with van der Waals surface area (Å²) >= 11 is 5.98. The molecule has 0 bridgehead atoms. The van der Waals surface area contributed by atoms with Gasteiger partial charge in [0.25, 0.3) is 0 Å². The van der Waals surface area contributed by atoms with E-state index in [0.29, 0.717) is 12.1 Å². The molecule has 3 unspecified atom stereocenters. The van der Waals surface area contributed by atoms with Gasteiger partial charge in [0.05, 0.1) is 11.7 Å². The van der Waals surface area contributed by atoms with E-state index >= 15 is 0 Å². The van der Waals surface area contributed by atoms with Crippen molar-refractivity contribution in [2.45, 2.75) is 38.3 Å². The minimum atomic E-state index is 0.338. The summed E-state index contributed by atoms with van der Waals surface area (Å²) < 4.78 is 6.02. The first-order valence-corrected chi connectivity index (χ1v) is 6.33. The maximum absolute atomic E-state index is 6.02. The first-order chi connectivity index (χ1) is 7.72. The van der Waals surface area contributed by atoms with Gasteiger partial charge in [0.1, 0.15) is 11.9 Å². The fourth-order valence-electron chi connectivity index (χ4n) is 2.73. The Balaban J connectivity index is 1.88. The van der Waals surface area contributed by atoms with Gasteiger partial charge in [-0.1, -0.05) is 18.5 Å². The molecule has 1 aromatic rings. The van der Waals surface area contributed by atoms with Gasteiger partial charge in [0.2, 0.25) is 0 Å². The smallest absolute Gasteiger partial charge is 0.143 e. The molecule has 3 rings (SSSR count). The van der Waals surface area contributed by atoms with E-state index < -0.39 is 0 Å². The zero-order chi connectivity index (χ0) is 11.1. The van der Waals surface area contributed by atoms with Crippen LogP contribution in [0.2, 0.25) is 5.02 Å². The second-order valence-electron chi connectivity index (χ2n) is 4.97. The van der Waals surface area contributed by atoms with Gasteiger partial charge in [-0.05, 0) is 43.4 Å². The molecule has 0 aromatic heterocycles. The van der Waals surface area contributed by atoms with E-state index in [9.17, 15) is 0 Å². The Labute approximate surface area is 101 Å². The summed E-state index contributed by atoms with van der Waals surface area (Å²) in [6.07, 6.45) is 3.95. The number of ether oxygens (including phenoxy) is 1. The molecule has 1 aliphatic heterocycles. The fourth-order valence-corrected chi connectivity index (χ4v) is 2.90. The zero-order valence-corrected chi connectivity index (χ0v) is 10.1. The number of hydrogen-bond donors (Lipinski definition) is 1. The van der Waals surface area contributed by atoms with Crippen molar-refractivity contribution < 1.29 is 4.74 Å². The summed E-state index contributed by atoms with van der Waals surface area (Å²) in [5.74, 6) is 1.73. The van der Waals surface area contributed by atoms with Crippen LogP contribution in [0.25, 0.3) is 0 Å². The van der Waals surface area contributed by atoms with Crippen LogP contribution in [0.4, 0.5) is 5.69 Å². The minimum absolute atomic E-state index is 0.338. The third-order valence-corrected chi connectivity index (χ3v) is 3.85. The normalized spacial score (nSPS) is 32.0. The lowest BCUT2D eigenvalue weighted by Crippen LogP contribution is -2.45. The molecule has 1 aromatic carbocycles. The quantitative estimate of drug-likeness (QED) is 0.743. The average molecular weight is 238 g/mol. The molecule has 3 atom stereocenters. The van der Waals surface area contributed by atoms with Gasteiger partial charge < -0.3 is 10.1 Å². The van der Waals surface area contributed by atoms with E-state index in [1.54, 1.807) is 0 Å². The molecule has 2 nitrogen and oxygen atoms in total. The summed E-state index contributed by atoms with van der Waals surface area (Å²) in [5.41, 5.74) is 1.04. The van der Waals surface area contributed by atoms with E-state index in [4.69, 9.17) is 16.3 Å². The molecule has 1 saturated carbocycles. The van der Waals surface area contributed by atoms with Gasteiger partial charge in [0, 0.05) is 5.02 Å². The molecular weight excluding hydrogens is 222 g/mol. The van der Waals surface area contributed by atoms with Crippen molar-refractivity contribution in [3.63, 3.8) is 0 Å². The summed E-state index contributed by atoms with van der Waals surface area (Å²) in [6.45, 7) is 2.31. The highest BCUT2D eigenvalue weighted by Crippen LogP contribution is 2.38. The number of benzene rings is 1. The van der Waals surface area contributed by atoms with Crippen molar-refractivity contribution in [1.29, 1.82) is 0 Å². The third kappa shape index (κ3) is 1.75. The van der Waals surface area contributed by atoms with E-state index in [1.165, 1.54) is 12.8 Å². The van der Waals surface area contributed by atoms with Crippen LogP contribution in [-0.4, -0.2) is 12.1 Å². The predicted molar refractivity (Wildman–Crippen MR) is 66.3 cm³/mol. The molecular formula is C13H16ClNO. The van der Waals surface area contributed by atoms with Crippen molar-refractivity contribution in [3.05, 3.63) is 23.2 Å². The van der Waals surface area contributed by atoms with Crippen LogP contribution >= 0.6 is 11.6 Å². The summed E-state index contributed by atoms with van der Waals surface area (Å²) in [6, 6.07) is 6.24. The van der Waals surface area contributed by atoms with Crippen LogP contribution in [0.5, 0.6) is 5.75 Å². The third-order valence-electron chi connectivity index (χ3n) is 3.61. The van der Waals surface area contributed by atoms with Crippen molar-refractivity contribution in [3.8, 4) is 5.75 Å². The molecule has 0 radical (unpaired) electrons. The Bertz CT molecular complexity index is 407. The lowest BCUT2D eigenvalue weighted by molar-refractivity contribution is 0.112. The zero-order valence-electron chi connectivity index (χ0n) is 9.37. The Morgan fingerprint density at radius 1 is 1.38 bits per heavy atom. The molecule has 0 spiro atoms. The average Bonchev–Trinajstić information content (AvgIpc) is 2.26. The molecule has 0 amide bonds. The van der Waals surface area contributed by atoms with Gasteiger partial charge >= 0.3 is 0 Å². The Morgan fingerprint density at radius 3 is 3.12 bits per heavy atom. The van der Waals surface area contributed by atoms with Gasteiger partial charge in [0.15, 0.2) is 0 Å². The Morgan fingerprint density at radius 2 is 2.25 bits per heavy atom. The number of anilines is 1.